The predicted octanol–water partition coefficient (Wildman–Crippen LogP) is 4.02. The van der Waals surface area contributed by atoms with Gasteiger partial charge in [-0.25, -0.2) is 4.98 Å². The minimum absolute atomic E-state index is 0.116. The van der Waals surface area contributed by atoms with Crippen LogP contribution in [-0.4, -0.2) is 21.2 Å². The first-order valence-electron chi connectivity index (χ1n) is 6.69. The van der Waals surface area contributed by atoms with Crippen molar-refractivity contribution in [2.45, 2.75) is 6.42 Å². The second-order valence-electron chi connectivity index (χ2n) is 4.82. The Labute approximate surface area is 131 Å². The number of carboxylic acid groups (broad SMARTS) is 1. The number of nitrogens with zero attached hydrogens (tertiary/aromatic N) is 1. The molecule has 2 aromatic carbocycles. The SMILES string of the molecule is O=C(O)C/C(=C/c1cccc(O)c1)c1nc2ccccc2s1. The fourth-order valence-electron chi connectivity index (χ4n) is 2.18. The summed E-state index contributed by atoms with van der Waals surface area (Å²) in [7, 11) is 0. The molecule has 110 valence electrons. The molecule has 0 fully saturated rings. The monoisotopic (exact) mass is 311 g/mol. The van der Waals surface area contributed by atoms with Crippen LogP contribution < -0.4 is 0 Å². The van der Waals surface area contributed by atoms with E-state index in [1.165, 1.54) is 11.3 Å². The fraction of sp³-hybridized carbons (Fsp3) is 0.0588. The number of thiazole rings is 1. The van der Waals surface area contributed by atoms with Gasteiger partial charge in [-0.15, -0.1) is 11.3 Å². The van der Waals surface area contributed by atoms with Crippen LogP contribution in [0.3, 0.4) is 0 Å². The summed E-state index contributed by atoms with van der Waals surface area (Å²) in [6.07, 6.45) is 1.64. The Kier molecular flexibility index (Phi) is 3.89. The van der Waals surface area contributed by atoms with E-state index in [1.807, 2.05) is 30.3 Å². The number of fused-ring (bicyclic) bond motifs is 1. The van der Waals surface area contributed by atoms with Gasteiger partial charge in [-0.1, -0.05) is 24.3 Å². The van der Waals surface area contributed by atoms with Gasteiger partial charge in [-0.2, -0.15) is 0 Å². The minimum Gasteiger partial charge on any atom is -0.508 e. The predicted molar refractivity (Wildman–Crippen MR) is 87.9 cm³/mol. The summed E-state index contributed by atoms with van der Waals surface area (Å²) in [6, 6.07) is 14.4. The van der Waals surface area contributed by atoms with Gasteiger partial charge in [-0.05, 0) is 41.5 Å². The first-order chi connectivity index (χ1) is 10.6. The van der Waals surface area contributed by atoms with Crippen LogP contribution in [0.5, 0.6) is 5.75 Å². The number of aliphatic carboxylic acids is 1. The third kappa shape index (κ3) is 3.15. The molecule has 1 aromatic heterocycles. The van der Waals surface area contributed by atoms with Gasteiger partial charge < -0.3 is 10.2 Å². The lowest BCUT2D eigenvalue weighted by atomic mass is 10.1. The third-order valence-corrected chi connectivity index (χ3v) is 4.23. The summed E-state index contributed by atoms with van der Waals surface area (Å²) >= 11 is 1.47. The molecule has 3 aromatic rings. The zero-order valence-corrected chi connectivity index (χ0v) is 12.4. The number of para-hydroxylation sites is 1. The van der Waals surface area contributed by atoms with Crippen molar-refractivity contribution < 1.29 is 15.0 Å². The van der Waals surface area contributed by atoms with E-state index < -0.39 is 5.97 Å². The fourth-order valence-corrected chi connectivity index (χ4v) is 3.16. The molecule has 0 atom stereocenters. The highest BCUT2D eigenvalue weighted by molar-refractivity contribution is 7.19. The van der Waals surface area contributed by atoms with Crippen LogP contribution in [0.4, 0.5) is 0 Å². The Morgan fingerprint density at radius 3 is 2.73 bits per heavy atom. The zero-order valence-electron chi connectivity index (χ0n) is 11.6. The maximum absolute atomic E-state index is 11.1. The number of rotatable bonds is 4. The van der Waals surface area contributed by atoms with Crippen molar-refractivity contribution >= 4 is 39.2 Å². The van der Waals surface area contributed by atoms with E-state index in [2.05, 4.69) is 4.98 Å². The second kappa shape index (κ2) is 5.99. The number of aromatic nitrogens is 1. The highest BCUT2D eigenvalue weighted by Crippen LogP contribution is 2.30. The Bertz CT molecular complexity index is 834. The number of hydrogen-bond donors (Lipinski definition) is 2. The Hall–Kier alpha value is -2.66. The van der Waals surface area contributed by atoms with Gasteiger partial charge in [0.15, 0.2) is 0 Å². The van der Waals surface area contributed by atoms with Gasteiger partial charge in [0.05, 0.1) is 16.6 Å². The van der Waals surface area contributed by atoms with Gasteiger partial charge >= 0.3 is 5.97 Å². The molecule has 5 heteroatoms. The lowest BCUT2D eigenvalue weighted by Gasteiger charge is -2.02. The summed E-state index contributed by atoms with van der Waals surface area (Å²) < 4.78 is 1.02. The van der Waals surface area contributed by atoms with Crippen LogP contribution in [-0.2, 0) is 4.79 Å². The lowest BCUT2D eigenvalue weighted by molar-refractivity contribution is -0.135. The first kappa shape index (κ1) is 14.3. The summed E-state index contributed by atoms with van der Waals surface area (Å²) in [5, 5.41) is 19.4. The molecule has 0 bridgehead atoms. The second-order valence-corrected chi connectivity index (χ2v) is 5.85. The molecule has 3 rings (SSSR count). The molecule has 0 amide bonds. The molecule has 0 unspecified atom stereocenters. The van der Waals surface area contributed by atoms with Gasteiger partial charge in [0.2, 0.25) is 0 Å². The van der Waals surface area contributed by atoms with Crippen molar-refractivity contribution in [1.29, 1.82) is 0 Å². The molecule has 0 aliphatic carbocycles. The molecule has 0 aliphatic rings. The van der Waals surface area contributed by atoms with Gasteiger partial charge in [0, 0.05) is 0 Å². The summed E-state index contributed by atoms with van der Waals surface area (Å²) in [4.78, 5) is 15.7. The first-order valence-corrected chi connectivity index (χ1v) is 7.51. The highest BCUT2D eigenvalue weighted by Gasteiger charge is 2.12. The number of hydrogen-bond acceptors (Lipinski definition) is 4. The van der Waals surface area contributed by atoms with E-state index in [9.17, 15) is 9.90 Å². The Morgan fingerprint density at radius 1 is 1.18 bits per heavy atom. The van der Waals surface area contributed by atoms with Crippen molar-refractivity contribution in [2.24, 2.45) is 0 Å². The minimum atomic E-state index is -0.911. The van der Waals surface area contributed by atoms with Crippen LogP contribution in [0, 0.1) is 0 Å². The van der Waals surface area contributed by atoms with E-state index in [-0.39, 0.29) is 12.2 Å². The van der Waals surface area contributed by atoms with E-state index in [0.717, 1.165) is 15.8 Å². The summed E-state index contributed by atoms with van der Waals surface area (Å²) in [5.74, 6) is -0.765. The Morgan fingerprint density at radius 2 is 2.00 bits per heavy atom. The smallest absolute Gasteiger partial charge is 0.307 e. The molecule has 1 heterocycles. The number of phenols is 1. The molecule has 0 radical (unpaired) electrons. The molecule has 4 nitrogen and oxygen atoms in total. The van der Waals surface area contributed by atoms with Crippen LogP contribution in [0.2, 0.25) is 0 Å². The van der Waals surface area contributed by atoms with Crippen LogP contribution in [0.1, 0.15) is 17.0 Å². The average Bonchev–Trinajstić information content (AvgIpc) is 2.90. The molecule has 2 N–H and O–H groups in total. The van der Waals surface area contributed by atoms with Crippen molar-refractivity contribution in [1.82, 2.24) is 4.98 Å². The van der Waals surface area contributed by atoms with Crippen molar-refractivity contribution in [2.75, 3.05) is 0 Å². The molecular formula is C17H13NO3S. The normalized spacial score (nSPS) is 11.7. The van der Waals surface area contributed by atoms with Crippen LogP contribution in [0.25, 0.3) is 21.9 Å². The van der Waals surface area contributed by atoms with Crippen LogP contribution >= 0.6 is 11.3 Å². The van der Waals surface area contributed by atoms with E-state index in [1.54, 1.807) is 24.3 Å². The van der Waals surface area contributed by atoms with Gasteiger partial charge in [0.1, 0.15) is 10.8 Å². The van der Waals surface area contributed by atoms with E-state index in [4.69, 9.17) is 5.11 Å². The third-order valence-electron chi connectivity index (χ3n) is 3.12. The molecule has 0 aliphatic heterocycles. The molecule has 0 saturated heterocycles. The number of aromatic hydroxyl groups is 1. The van der Waals surface area contributed by atoms with E-state index >= 15 is 0 Å². The molecular weight excluding hydrogens is 298 g/mol. The number of phenolic OH excluding ortho intramolecular Hbond substituents is 1. The molecule has 22 heavy (non-hydrogen) atoms. The van der Waals surface area contributed by atoms with Gasteiger partial charge in [-0.3, -0.25) is 4.79 Å². The number of carboxylic acids is 1. The zero-order chi connectivity index (χ0) is 15.5. The maximum Gasteiger partial charge on any atom is 0.307 e. The lowest BCUT2D eigenvalue weighted by Crippen LogP contribution is -1.96. The highest BCUT2D eigenvalue weighted by atomic mass is 32.1. The maximum atomic E-state index is 11.1. The van der Waals surface area contributed by atoms with Crippen molar-refractivity contribution in [3.8, 4) is 5.75 Å². The quantitative estimate of drug-likeness (QED) is 0.763. The number of benzene rings is 2. The topological polar surface area (TPSA) is 70.4 Å². The summed E-state index contributed by atoms with van der Waals surface area (Å²) in [5.41, 5.74) is 2.23. The van der Waals surface area contributed by atoms with Crippen molar-refractivity contribution in [3.63, 3.8) is 0 Å². The average molecular weight is 311 g/mol. The van der Waals surface area contributed by atoms with Crippen LogP contribution in [0.15, 0.2) is 48.5 Å². The van der Waals surface area contributed by atoms with Crippen molar-refractivity contribution in [3.05, 3.63) is 59.1 Å². The molecule has 0 saturated carbocycles. The number of carbonyl (C=O) groups is 1. The largest absolute Gasteiger partial charge is 0.508 e. The Balaban J connectivity index is 2.07. The van der Waals surface area contributed by atoms with Gasteiger partial charge in [0.25, 0.3) is 0 Å². The van der Waals surface area contributed by atoms with E-state index in [0.29, 0.717) is 10.6 Å². The summed E-state index contributed by atoms with van der Waals surface area (Å²) in [6.45, 7) is 0. The standard InChI is InChI=1S/C17H13NO3S/c19-13-5-3-4-11(9-13)8-12(10-16(20)21)17-18-14-6-1-2-7-15(14)22-17/h1-9,19H,10H2,(H,20,21)/b12-8-. The molecule has 0 spiro atoms.